The molecular formula is C13H22N2O3. The van der Waals surface area contributed by atoms with Gasteiger partial charge in [0.2, 0.25) is 0 Å². The Balaban J connectivity index is 2.41. The number of hydrogen-bond donors (Lipinski definition) is 2. The van der Waals surface area contributed by atoms with Crippen molar-refractivity contribution in [1.82, 2.24) is 10.2 Å². The molecule has 5 heteroatoms. The van der Waals surface area contributed by atoms with Crippen molar-refractivity contribution < 1.29 is 14.3 Å². The lowest BCUT2D eigenvalue weighted by Crippen LogP contribution is -2.35. The fourth-order valence-electron chi connectivity index (χ4n) is 1.77. The molecule has 1 aromatic rings. The van der Waals surface area contributed by atoms with E-state index in [2.05, 4.69) is 10.2 Å². The van der Waals surface area contributed by atoms with Gasteiger partial charge in [-0.25, -0.2) is 0 Å². The standard InChI is InChI=1S/C13H22N2O3/c1-10(6-7-13(16)17)14-9-11(15(2)3)12-5-4-8-18-12/h4-5,8,10-11,14H,6-7,9H2,1-3H3,(H,16,17). The minimum absolute atomic E-state index is 0.160. The zero-order valence-electron chi connectivity index (χ0n) is 11.2. The van der Waals surface area contributed by atoms with Crippen molar-refractivity contribution in [1.29, 1.82) is 0 Å². The maximum atomic E-state index is 10.5. The second-order valence-corrected chi connectivity index (χ2v) is 4.74. The Bertz CT molecular complexity index is 349. The second kappa shape index (κ2) is 7.18. The number of likely N-dealkylation sites (N-methyl/N-ethyl adjacent to an activating group) is 1. The highest BCUT2D eigenvalue weighted by Gasteiger charge is 2.17. The largest absolute Gasteiger partial charge is 0.481 e. The number of rotatable bonds is 8. The summed E-state index contributed by atoms with van der Waals surface area (Å²) in [6.07, 6.45) is 2.49. The molecule has 0 radical (unpaired) electrons. The maximum Gasteiger partial charge on any atom is 0.303 e. The normalized spacial score (nSPS) is 14.7. The van der Waals surface area contributed by atoms with Crippen LogP contribution in [0.2, 0.25) is 0 Å². The van der Waals surface area contributed by atoms with Gasteiger partial charge in [0.05, 0.1) is 12.3 Å². The van der Waals surface area contributed by atoms with Gasteiger partial charge in [0.15, 0.2) is 0 Å². The first-order chi connectivity index (χ1) is 8.50. The first-order valence-corrected chi connectivity index (χ1v) is 6.15. The summed E-state index contributed by atoms with van der Waals surface area (Å²) in [6, 6.07) is 4.17. The maximum absolute atomic E-state index is 10.5. The van der Waals surface area contributed by atoms with E-state index in [1.54, 1.807) is 6.26 Å². The summed E-state index contributed by atoms with van der Waals surface area (Å²) in [5.74, 6) is 0.164. The average Bonchev–Trinajstić information content (AvgIpc) is 2.79. The third kappa shape index (κ3) is 4.89. The Kier molecular flexibility index (Phi) is 5.88. The van der Waals surface area contributed by atoms with E-state index in [9.17, 15) is 4.79 Å². The van der Waals surface area contributed by atoms with E-state index in [-0.39, 0.29) is 18.5 Å². The van der Waals surface area contributed by atoms with Gasteiger partial charge in [-0.15, -0.1) is 0 Å². The highest BCUT2D eigenvalue weighted by molar-refractivity contribution is 5.66. The summed E-state index contributed by atoms with van der Waals surface area (Å²) in [4.78, 5) is 12.6. The van der Waals surface area contributed by atoms with Crippen LogP contribution in [0.15, 0.2) is 22.8 Å². The van der Waals surface area contributed by atoms with Gasteiger partial charge in [0, 0.05) is 19.0 Å². The summed E-state index contributed by atoms with van der Waals surface area (Å²) >= 11 is 0. The van der Waals surface area contributed by atoms with Crippen LogP contribution in [0.3, 0.4) is 0 Å². The second-order valence-electron chi connectivity index (χ2n) is 4.74. The zero-order chi connectivity index (χ0) is 13.5. The van der Waals surface area contributed by atoms with Gasteiger partial charge in [-0.2, -0.15) is 0 Å². The Labute approximate surface area is 108 Å². The van der Waals surface area contributed by atoms with Crippen LogP contribution in [-0.4, -0.2) is 42.7 Å². The minimum Gasteiger partial charge on any atom is -0.481 e. The third-order valence-electron chi connectivity index (χ3n) is 2.95. The summed E-state index contributed by atoms with van der Waals surface area (Å²) in [5, 5.41) is 12.0. The molecule has 102 valence electrons. The molecule has 18 heavy (non-hydrogen) atoms. The molecule has 2 N–H and O–H groups in total. The van der Waals surface area contributed by atoms with Crippen molar-refractivity contribution >= 4 is 5.97 Å². The van der Waals surface area contributed by atoms with E-state index in [1.165, 1.54) is 0 Å². The van der Waals surface area contributed by atoms with Gasteiger partial charge in [-0.05, 0) is 39.6 Å². The van der Waals surface area contributed by atoms with E-state index in [0.717, 1.165) is 12.3 Å². The molecule has 5 nitrogen and oxygen atoms in total. The van der Waals surface area contributed by atoms with Gasteiger partial charge in [0.1, 0.15) is 5.76 Å². The molecule has 0 amide bonds. The van der Waals surface area contributed by atoms with Crippen LogP contribution in [0.4, 0.5) is 0 Å². The van der Waals surface area contributed by atoms with Gasteiger partial charge in [0.25, 0.3) is 0 Å². The Hall–Kier alpha value is -1.33. The molecule has 0 fully saturated rings. The van der Waals surface area contributed by atoms with Crippen LogP contribution >= 0.6 is 0 Å². The lowest BCUT2D eigenvalue weighted by Gasteiger charge is -2.24. The highest BCUT2D eigenvalue weighted by Crippen LogP contribution is 2.17. The molecule has 0 bridgehead atoms. The summed E-state index contributed by atoms with van der Waals surface area (Å²) in [6.45, 7) is 2.74. The number of furan rings is 1. The van der Waals surface area contributed by atoms with Gasteiger partial charge >= 0.3 is 5.97 Å². The van der Waals surface area contributed by atoms with E-state index in [4.69, 9.17) is 9.52 Å². The van der Waals surface area contributed by atoms with Crippen molar-refractivity contribution in [2.45, 2.75) is 31.8 Å². The molecule has 0 aliphatic rings. The molecule has 0 spiro atoms. The van der Waals surface area contributed by atoms with Gasteiger partial charge in [-0.1, -0.05) is 0 Å². The number of carbonyl (C=O) groups is 1. The number of hydrogen-bond acceptors (Lipinski definition) is 4. The van der Waals surface area contributed by atoms with Crippen LogP contribution < -0.4 is 5.32 Å². The molecule has 1 aromatic heterocycles. The fourth-order valence-corrected chi connectivity index (χ4v) is 1.77. The lowest BCUT2D eigenvalue weighted by atomic mass is 10.1. The quantitative estimate of drug-likeness (QED) is 0.739. The summed E-state index contributed by atoms with van der Waals surface area (Å²) < 4.78 is 5.41. The highest BCUT2D eigenvalue weighted by atomic mass is 16.4. The summed E-state index contributed by atoms with van der Waals surface area (Å²) in [7, 11) is 3.99. The van der Waals surface area contributed by atoms with E-state index >= 15 is 0 Å². The molecule has 0 aliphatic heterocycles. The van der Waals surface area contributed by atoms with Crippen molar-refractivity contribution in [2.75, 3.05) is 20.6 Å². The molecule has 0 aromatic carbocycles. The Morgan fingerprint density at radius 3 is 2.78 bits per heavy atom. The van der Waals surface area contributed by atoms with Crippen molar-refractivity contribution in [3.05, 3.63) is 24.2 Å². The average molecular weight is 254 g/mol. The van der Waals surface area contributed by atoms with Crippen LogP contribution in [-0.2, 0) is 4.79 Å². The lowest BCUT2D eigenvalue weighted by molar-refractivity contribution is -0.137. The Morgan fingerprint density at radius 2 is 2.28 bits per heavy atom. The first kappa shape index (κ1) is 14.7. The number of carboxylic acid groups (broad SMARTS) is 1. The van der Waals surface area contributed by atoms with Crippen LogP contribution in [0, 0.1) is 0 Å². The molecule has 2 unspecified atom stereocenters. The Morgan fingerprint density at radius 1 is 1.56 bits per heavy atom. The number of carboxylic acids is 1. The fraction of sp³-hybridized carbons (Fsp3) is 0.615. The SMILES string of the molecule is CC(CCC(=O)O)NCC(c1ccco1)N(C)C. The topological polar surface area (TPSA) is 65.7 Å². The van der Waals surface area contributed by atoms with Gasteiger partial charge < -0.3 is 14.8 Å². The molecule has 0 saturated heterocycles. The van der Waals surface area contributed by atoms with E-state index < -0.39 is 5.97 Å². The minimum atomic E-state index is -0.751. The van der Waals surface area contributed by atoms with Crippen LogP contribution in [0.25, 0.3) is 0 Å². The van der Waals surface area contributed by atoms with Crippen molar-refractivity contribution in [3.63, 3.8) is 0 Å². The molecule has 2 atom stereocenters. The predicted molar refractivity (Wildman–Crippen MR) is 69.5 cm³/mol. The first-order valence-electron chi connectivity index (χ1n) is 6.15. The molecule has 1 rings (SSSR count). The molecule has 1 heterocycles. The predicted octanol–water partition coefficient (Wildman–Crippen LogP) is 1.73. The van der Waals surface area contributed by atoms with E-state index in [1.807, 2.05) is 33.2 Å². The van der Waals surface area contributed by atoms with Gasteiger partial charge in [-0.3, -0.25) is 9.69 Å². The number of aliphatic carboxylic acids is 1. The van der Waals surface area contributed by atoms with Crippen molar-refractivity contribution in [2.24, 2.45) is 0 Å². The molecule has 0 saturated carbocycles. The molecular weight excluding hydrogens is 232 g/mol. The monoisotopic (exact) mass is 254 g/mol. The van der Waals surface area contributed by atoms with Crippen LogP contribution in [0.5, 0.6) is 0 Å². The third-order valence-corrected chi connectivity index (χ3v) is 2.95. The summed E-state index contributed by atoms with van der Waals surface area (Å²) in [5.41, 5.74) is 0. The number of nitrogens with zero attached hydrogens (tertiary/aromatic N) is 1. The van der Waals surface area contributed by atoms with Crippen molar-refractivity contribution in [3.8, 4) is 0 Å². The molecule has 0 aliphatic carbocycles. The van der Waals surface area contributed by atoms with Crippen LogP contribution in [0.1, 0.15) is 31.6 Å². The zero-order valence-corrected chi connectivity index (χ0v) is 11.2. The van der Waals surface area contributed by atoms with E-state index in [0.29, 0.717) is 6.42 Å². The smallest absolute Gasteiger partial charge is 0.303 e. The number of nitrogens with one attached hydrogen (secondary N) is 1.